The van der Waals surface area contributed by atoms with Crippen LogP contribution in [-0.2, 0) is 16.6 Å². The summed E-state index contributed by atoms with van der Waals surface area (Å²) in [5, 5.41) is 10.5. The molecule has 0 N–H and O–H groups in total. The minimum Gasteiger partial charge on any atom is -0.456 e. The molecule has 5 nitrogen and oxygen atoms in total. The van der Waals surface area contributed by atoms with Crippen LogP contribution < -0.4 is 4.90 Å². The molecule has 3 aromatic heterocycles. The molecule has 0 saturated heterocycles. The molecule has 0 atom stereocenters. The van der Waals surface area contributed by atoms with Crippen LogP contribution in [-0.4, -0.2) is 30.2 Å². The second kappa shape index (κ2) is 6.45. The number of hydrogen-bond acceptors (Lipinski definition) is 6. The first kappa shape index (κ1) is 18.5. The molecule has 0 fully saturated rings. The Morgan fingerprint density at radius 1 is 1.23 bits per heavy atom. The van der Waals surface area contributed by atoms with Crippen molar-refractivity contribution in [3.63, 3.8) is 0 Å². The first-order valence-electron chi connectivity index (χ1n) is 8.15. The number of nitriles is 1. The Labute approximate surface area is 160 Å². The number of esters is 1. The summed E-state index contributed by atoms with van der Waals surface area (Å²) in [6.07, 6.45) is 1.62. The van der Waals surface area contributed by atoms with Gasteiger partial charge in [0.15, 0.2) is 0 Å². The van der Waals surface area contributed by atoms with E-state index in [2.05, 4.69) is 15.5 Å². The molecule has 3 rings (SSSR count). The van der Waals surface area contributed by atoms with Gasteiger partial charge in [0.05, 0.1) is 25.4 Å². The number of aryl methyl sites for hydroxylation is 1. The highest BCUT2D eigenvalue weighted by atomic mass is 32.1. The van der Waals surface area contributed by atoms with Crippen molar-refractivity contribution < 1.29 is 9.53 Å². The lowest BCUT2D eigenvalue weighted by atomic mass is 10.2. The summed E-state index contributed by atoms with van der Waals surface area (Å²) in [5.41, 5.74) is 1.69. The molecular formula is C19H21N3O2S2. The fraction of sp³-hybridized carbons (Fsp3) is 0.368. The zero-order chi connectivity index (χ0) is 19.2. The van der Waals surface area contributed by atoms with Crippen LogP contribution in [0.25, 0.3) is 26.5 Å². The number of nitrogens with zero attached hydrogens (tertiary/aromatic N) is 3. The van der Waals surface area contributed by atoms with Gasteiger partial charge in [-0.3, -0.25) is 0 Å². The third kappa shape index (κ3) is 3.35. The van der Waals surface area contributed by atoms with Gasteiger partial charge in [-0.1, -0.05) is 0 Å². The lowest BCUT2D eigenvalue weighted by Gasteiger charge is -2.18. The molecule has 0 spiro atoms. The average molecular weight is 388 g/mol. The molecule has 0 aliphatic rings. The number of thiophene rings is 2. The molecule has 0 aromatic carbocycles. The van der Waals surface area contributed by atoms with Crippen molar-refractivity contribution in [2.45, 2.75) is 26.4 Å². The highest BCUT2D eigenvalue weighted by Gasteiger charge is 2.21. The van der Waals surface area contributed by atoms with Crippen molar-refractivity contribution in [1.29, 1.82) is 5.26 Å². The van der Waals surface area contributed by atoms with Gasteiger partial charge in [0.2, 0.25) is 0 Å². The van der Waals surface area contributed by atoms with E-state index >= 15 is 0 Å². The minimum atomic E-state index is -0.626. The van der Waals surface area contributed by atoms with E-state index < -0.39 is 11.6 Å². The maximum absolute atomic E-state index is 12.2. The lowest BCUT2D eigenvalue weighted by molar-refractivity contribution is -0.149. The van der Waals surface area contributed by atoms with Gasteiger partial charge in [0.1, 0.15) is 17.2 Å². The molecule has 0 unspecified atom stereocenters. The summed E-state index contributed by atoms with van der Waals surface area (Å²) >= 11 is 3.33. The van der Waals surface area contributed by atoms with Crippen molar-refractivity contribution in [2.75, 3.05) is 19.0 Å². The molecule has 0 bridgehead atoms. The topological polar surface area (TPSA) is 58.3 Å². The van der Waals surface area contributed by atoms with Gasteiger partial charge in [-0.2, -0.15) is 5.26 Å². The molecule has 0 amide bonds. The molecular weight excluding hydrogens is 366 g/mol. The lowest BCUT2D eigenvalue weighted by Crippen LogP contribution is -2.24. The number of rotatable bonds is 3. The van der Waals surface area contributed by atoms with Gasteiger partial charge in [0.25, 0.3) is 0 Å². The summed E-state index contributed by atoms with van der Waals surface area (Å²) in [6.45, 7) is 5.36. The van der Waals surface area contributed by atoms with E-state index in [-0.39, 0.29) is 5.57 Å². The van der Waals surface area contributed by atoms with Gasteiger partial charge in [-0.25, -0.2) is 4.79 Å². The number of aromatic nitrogens is 1. The highest BCUT2D eigenvalue weighted by molar-refractivity contribution is 7.29. The van der Waals surface area contributed by atoms with Crippen molar-refractivity contribution >= 4 is 60.2 Å². The number of carbonyl (C=O) groups is 1. The molecule has 136 valence electrons. The summed E-state index contributed by atoms with van der Waals surface area (Å²) in [5.74, 6) is -0.589. The molecule has 26 heavy (non-hydrogen) atoms. The van der Waals surface area contributed by atoms with Gasteiger partial charge in [0, 0.05) is 26.0 Å². The van der Waals surface area contributed by atoms with Gasteiger partial charge < -0.3 is 14.2 Å². The zero-order valence-corrected chi connectivity index (χ0v) is 17.3. The fourth-order valence-corrected chi connectivity index (χ4v) is 5.02. The van der Waals surface area contributed by atoms with E-state index in [4.69, 9.17) is 4.74 Å². The maximum Gasteiger partial charge on any atom is 0.349 e. The largest absolute Gasteiger partial charge is 0.456 e. The zero-order valence-electron chi connectivity index (χ0n) is 15.7. The van der Waals surface area contributed by atoms with Gasteiger partial charge in [-0.05, 0) is 39.0 Å². The second-order valence-corrected chi connectivity index (χ2v) is 9.40. The summed E-state index contributed by atoms with van der Waals surface area (Å²) in [7, 11) is 6.10. The van der Waals surface area contributed by atoms with Crippen LogP contribution in [0.1, 0.15) is 25.6 Å². The monoisotopic (exact) mass is 387 g/mol. The average Bonchev–Trinajstić information content (AvgIpc) is 3.18. The molecule has 0 aliphatic heterocycles. The second-order valence-electron chi connectivity index (χ2n) is 7.29. The van der Waals surface area contributed by atoms with Crippen LogP contribution >= 0.6 is 22.7 Å². The van der Waals surface area contributed by atoms with E-state index in [9.17, 15) is 10.1 Å². The number of hydrogen-bond donors (Lipinski definition) is 0. The maximum atomic E-state index is 12.2. The standard InChI is InChI=1S/C19H21N3O2S2/c1-19(2,3)24-18(23)11(10-20)7-12-8-13-16(25-12)17-14(22(13)6)9-15(26-17)21(4)5/h7-9H,1-6H3/b11-7+. The van der Waals surface area contributed by atoms with Crippen molar-refractivity contribution in [3.8, 4) is 6.07 Å². The molecule has 3 aromatic rings. The van der Waals surface area contributed by atoms with Gasteiger partial charge >= 0.3 is 5.97 Å². The number of anilines is 1. The Hall–Kier alpha value is -2.30. The Balaban J connectivity index is 2.04. The Kier molecular flexibility index (Phi) is 4.59. The van der Waals surface area contributed by atoms with Crippen LogP contribution in [0.4, 0.5) is 5.00 Å². The third-order valence-corrected chi connectivity index (χ3v) is 6.35. The van der Waals surface area contributed by atoms with Crippen molar-refractivity contribution in [3.05, 3.63) is 22.6 Å². The third-order valence-electron chi connectivity index (χ3n) is 3.83. The van der Waals surface area contributed by atoms with Crippen LogP contribution in [0, 0.1) is 11.3 Å². The van der Waals surface area contributed by atoms with E-state index in [0.717, 1.165) is 10.4 Å². The fourth-order valence-electron chi connectivity index (χ4n) is 2.63. The highest BCUT2D eigenvalue weighted by Crippen LogP contribution is 2.42. The van der Waals surface area contributed by atoms with Crippen LogP contribution in [0.3, 0.4) is 0 Å². The van der Waals surface area contributed by atoms with Crippen molar-refractivity contribution in [2.24, 2.45) is 7.05 Å². The van der Waals surface area contributed by atoms with Crippen LogP contribution in [0.5, 0.6) is 0 Å². The predicted molar refractivity (Wildman–Crippen MR) is 110 cm³/mol. The molecule has 0 saturated carbocycles. The van der Waals surface area contributed by atoms with E-state index in [1.54, 1.807) is 49.5 Å². The first-order valence-corrected chi connectivity index (χ1v) is 9.78. The Morgan fingerprint density at radius 2 is 1.85 bits per heavy atom. The first-order chi connectivity index (χ1) is 12.1. The number of carbonyl (C=O) groups excluding carboxylic acids is 1. The normalized spacial score (nSPS) is 12.6. The number of fused-ring (bicyclic) bond motifs is 3. The number of ether oxygens (including phenoxy) is 1. The predicted octanol–water partition coefficient (Wildman–Crippen LogP) is 4.77. The summed E-state index contributed by atoms with van der Waals surface area (Å²) < 4.78 is 9.87. The van der Waals surface area contributed by atoms with Crippen LogP contribution in [0.15, 0.2) is 17.7 Å². The summed E-state index contributed by atoms with van der Waals surface area (Å²) in [6, 6.07) is 6.16. The SMILES string of the molecule is CN(C)c1cc2c(s1)c1sc(/C=C(\C#N)C(=O)OC(C)(C)C)cc1n2C. The Bertz CT molecular complexity index is 1070. The van der Waals surface area contributed by atoms with Crippen molar-refractivity contribution in [1.82, 2.24) is 4.57 Å². The van der Waals surface area contributed by atoms with Crippen LogP contribution in [0.2, 0.25) is 0 Å². The Morgan fingerprint density at radius 3 is 2.42 bits per heavy atom. The van der Waals surface area contributed by atoms with E-state index in [1.165, 1.54) is 19.9 Å². The molecule has 0 aliphatic carbocycles. The minimum absolute atomic E-state index is 0.0166. The molecule has 3 heterocycles. The van der Waals surface area contributed by atoms with E-state index in [0.29, 0.717) is 0 Å². The molecule has 0 radical (unpaired) electrons. The quantitative estimate of drug-likeness (QED) is 0.369. The van der Waals surface area contributed by atoms with Gasteiger partial charge in [-0.15, -0.1) is 22.7 Å². The smallest absolute Gasteiger partial charge is 0.349 e. The molecule has 7 heteroatoms. The summed E-state index contributed by atoms with van der Waals surface area (Å²) in [4.78, 5) is 15.2. The van der Waals surface area contributed by atoms with E-state index in [1.807, 2.05) is 33.3 Å².